The number of nitrogens with one attached hydrogen (secondary N) is 2. The summed E-state index contributed by atoms with van der Waals surface area (Å²) in [5.74, 6) is -0.660. The van der Waals surface area contributed by atoms with Gasteiger partial charge in [-0.25, -0.2) is 0 Å². The maximum Gasteiger partial charge on any atom is 0.272 e. The van der Waals surface area contributed by atoms with Gasteiger partial charge in [-0.2, -0.15) is 5.10 Å². The first-order chi connectivity index (χ1) is 7.58. The van der Waals surface area contributed by atoms with Gasteiger partial charge < -0.3 is 26.4 Å². The molecule has 0 saturated heterocycles. The van der Waals surface area contributed by atoms with Gasteiger partial charge in [0.05, 0.1) is 31.7 Å². The molecule has 0 atom stereocenters. The molecule has 0 aliphatic carbocycles. The standard InChI is InChI=1S/C8H14N4O4/c9-5-1-10-12-6(5)7(16)11-8(2-13,3-14)4-15/h1,13-15H,2-4,9H2,(H,10,12)(H,11,16). The second kappa shape index (κ2) is 4.92. The number of aliphatic hydroxyl groups is 3. The number of hydrogen-bond acceptors (Lipinski definition) is 6. The summed E-state index contributed by atoms with van der Waals surface area (Å²) in [6, 6.07) is 0. The number of anilines is 1. The molecule has 0 bridgehead atoms. The Balaban J connectivity index is 2.81. The highest BCUT2D eigenvalue weighted by Gasteiger charge is 2.31. The van der Waals surface area contributed by atoms with E-state index in [-0.39, 0.29) is 11.4 Å². The predicted molar refractivity (Wildman–Crippen MR) is 54.5 cm³/mol. The van der Waals surface area contributed by atoms with Crippen molar-refractivity contribution in [3.05, 3.63) is 11.9 Å². The number of hydrogen-bond donors (Lipinski definition) is 6. The fraction of sp³-hybridized carbons (Fsp3) is 0.500. The summed E-state index contributed by atoms with van der Waals surface area (Å²) in [5, 5.41) is 35.2. The predicted octanol–water partition coefficient (Wildman–Crippen LogP) is -2.56. The van der Waals surface area contributed by atoms with E-state index in [1.54, 1.807) is 0 Å². The van der Waals surface area contributed by atoms with E-state index >= 15 is 0 Å². The van der Waals surface area contributed by atoms with Crippen molar-refractivity contribution in [1.29, 1.82) is 0 Å². The molecule has 90 valence electrons. The monoisotopic (exact) mass is 230 g/mol. The molecule has 16 heavy (non-hydrogen) atoms. The Morgan fingerprint density at radius 3 is 2.38 bits per heavy atom. The molecule has 8 heteroatoms. The van der Waals surface area contributed by atoms with Crippen molar-refractivity contribution in [1.82, 2.24) is 15.5 Å². The first-order valence-corrected chi connectivity index (χ1v) is 4.52. The summed E-state index contributed by atoms with van der Waals surface area (Å²) < 4.78 is 0. The minimum atomic E-state index is -1.48. The van der Waals surface area contributed by atoms with E-state index in [1.165, 1.54) is 6.20 Å². The molecule has 1 aromatic rings. The lowest BCUT2D eigenvalue weighted by atomic mass is 10.0. The van der Waals surface area contributed by atoms with Crippen LogP contribution in [0.2, 0.25) is 0 Å². The van der Waals surface area contributed by atoms with Crippen molar-refractivity contribution in [3.8, 4) is 0 Å². The number of rotatable bonds is 5. The highest BCUT2D eigenvalue weighted by molar-refractivity contribution is 5.97. The van der Waals surface area contributed by atoms with Gasteiger partial charge in [0.15, 0.2) is 0 Å². The summed E-state index contributed by atoms with van der Waals surface area (Å²) in [6.07, 6.45) is 1.26. The summed E-state index contributed by atoms with van der Waals surface area (Å²) in [6.45, 7) is -1.79. The van der Waals surface area contributed by atoms with Crippen LogP contribution in [-0.2, 0) is 0 Å². The number of aromatic nitrogens is 2. The third kappa shape index (κ3) is 2.30. The molecule has 1 amide bonds. The summed E-state index contributed by atoms with van der Waals surface area (Å²) in [7, 11) is 0. The molecule has 0 aliphatic heterocycles. The van der Waals surface area contributed by atoms with Gasteiger partial charge in [-0.1, -0.05) is 0 Å². The Labute approximate surface area is 91.1 Å². The van der Waals surface area contributed by atoms with Gasteiger partial charge in [0.2, 0.25) is 0 Å². The Bertz CT molecular complexity index is 352. The lowest BCUT2D eigenvalue weighted by Crippen LogP contribution is -2.57. The topological polar surface area (TPSA) is 144 Å². The van der Waals surface area contributed by atoms with Crippen LogP contribution in [0.15, 0.2) is 6.20 Å². The van der Waals surface area contributed by atoms with Gasteiger partial charge in [0.1, 0.15) is 11.2 Å². The second-order valence-electron chi connectivity index (χ2n) is 3.41. The second-order valence-corrected chi connectivity index (χ2v) is 3.41. The van der Waals surface area contributed by atoms with Crippen LogP contribution in [0, 0.1) is 0 Å². The van der Waals surface area contributed by atoms with E-state index in [0.29, 0.717) is 0 Å². The van der Waals surface area contributed by atoms with E-state index in [4.69, 9.17) is 21.1 Å². The van der Waals surface area contributed by atoms with E-state index in [2.05, 4.69) is 15.5 Å². The molecule has 1 rings (SSSR count). The Hall–Kier alpha value is -1.64. The highest BCUT2D eigenvalue weighted by atomic mass is 16.3. The molecule has 7 N–H and O–H groups in total. The Kier molecular flexibility index (Phi) is 3.82. The zero-order chi connectivity index (χ0) is 12.2. The van der Waals surface area contributed by atoms with Crippen molar-refractivity contribution in [2.24, 2.45) is 0 Å². The minimum Gasteiger partial charge on any atom is -0.396 e. The molecular weight excluding hydrogens is 216 g/mol. The van der Waals surface area contributed by atoms with Crippen molar-refractivity contribution < 1.29 is 20.1 Å². The Morgan fingerprint density at radius 1 is 1.44 bits per heavy atom. The number of aromatic amines is 1. The maximum atomic E-state index is 11.6. The Morgan fingerprint density at radius 2 is 2.00 bits per heavy atom. The molecule has 0 unspecified atom stereocenters. The number of aliphatic hydroxyl groups excluding tert-OH is 3. The number of nitrogens with zero attached hydrogens (tertiary/aromatic N) is 1. The summed E-state index contributed by atoms with van der Waals surface area (Å²) in [5.41, 5.74) is 4.12. The number of amides is 1. The van der Waals surface area contributed by atoms with Gasteiger partial charge in [-0.05, 0) is 0 Å². The summed E-state index contributed by atoms with van der Waals surface area (Å²) in [4.78, 5) is 11.6. The zero-order valence-electron chi connectivity index (χ0n) is 8.47. The van der Waals surface area contributed by atoms with E-state index < -0.39 is 31.3 Å². The van der Waals surface area contributed by atoms with Crippen LogP contribution in [0.5, 0.6) is 0 Å². The van der Waals surface area contributed by atoms with Crippen molar-refractivity contribution >= 4 is 11.6 Å². The molecule has 0 saturated carbocycles. The quantitative estimate of drug-likeness (QED) is 0.328. The van der Waals surface area contributed by atoms with Gasteiger partial charge in [0.25, 0.3) is 5.91 Å². The lowest BCUT2D eigenvalue weighted by molar-refractivity contribution is 0.0373. The van der Waals surface area contributed by atoms with E-state index in [1.807, 2.05) is 0 Å². The molecule has 1 heterocycles. The van der Waals surface area contributed by atoms with Crippen LogP contribution < -0.4 is 11.1 Å². The maximum absolute atomic E-state index is 11.6. The molecule has 0 aliphatic rings. The fourth-order valence-electron chi connectivity index (χ4n) is 1.05. The fourth-order valence-corrected chi connectivity index (χ4v) is 1.05. The van der Waals surface area contributed by atoms with Crippen LogP contribution in [0.4, 0.5) is 5.69 Å². The summed E-state index contributed by atoms with van der Waals surface area (Å²) >= 11 is 0. The average Bonchev–Trinajstić information content (AvgIpc) is 2.72. The minimum absolute atomic E-state index is 0.0136. The smallest absolute Gasteiger partial charge is 0.272 e. The third-order valence-electron chi connectivity index (χ3n) is 2.18. The van der Waals surface area contributed by atoms with Gasteiger partial charge in [-0.3, -0.25) is 9.89 Å². The van der Waals surface area contributed by atoms with Gasteiger partial charge in [-0.15, -0.1) is 0 Å². The highest BCUT2D eigenvalue weighted by Crippen LogP contribution is 2.09. The van der Waals surface area contributed by atoms with Crippen LogP contribution in [0.25, 0.3) is 0 Å². The number of nitrogen functional groups attached to an aromatic ring is 1. The molecule has 0 spiro atoms. The zero-order valence-corrected chi connectivity index (χ0v) is 8.47. The number of nitrogens with two attached hydrogens (primary N) is 1. The van der Waals surface area contributed by atoms with Crippen LogP contribution in [0.1, 0.15) is 10.5 Å². The van der Waals surface area contributed by atoms with Gasteiger partial charge in [0, 0.05) is 0 Å². The van der Waals surface area contributed by atoms with Crippen molar-refractivity contribution in [2.75, 3.05) is 25.6 Å². The van der Waals surface area contributed by atoms with Crippen LogP contribution >= 0.6 is 0 Å². The molecule has 0 aromatic carbocycles. The van der Waals surface area contributed by atoms with Gasteiger partial charge >= 0.3 is 0 Å². The number of carbonyl (C=O) groups excluding carboxylic acids is 1. The van der Waals surface area contributed by atoms with Crippen molar-refractivity contribution in [3.63, 3.8) is 0 Å². The van der Waals surface area contributed by atoms with E-state index in [0.717, 1.165) is 0 Å². The number of H-pyrrole nitrogens is 1. The SMILES string of the molecule is Nc1cn[nH]c1C(=O)NC(CO)(CO)CO. The van der Waals surface area contributed by atoms with Crippen molar-refractivity contribution in [2.45, 2.75) is 5.54 Å². The van der Waals surface area contributed by atoms with Crippen LogP contribution in [-0.4, -0.2) is 56.8 Å². The van der Waals surface area contributed by atoms with E-state index in [9.17, 15) is 4.79 Å². The average molecular weight is 230 g/mol. The molecule has 0 fully saturated rings. The molecule has 8 nitrogen and oxygen atoms in total. The molecule has 1 aromatic heterocycles. The first-order valence-electron chi connectivity index (χ1n) is 4.52. The largest absolute Gasteiger partial charge is 0.396 e. The van der Waals surface area contributed by atoms with Crippen LogP contribution in [0.3, 0.4) is 0 Å². The number of carbonyl (C=O) groups is 1. The molecular formula is C8H14N4O4. The molecule has 0 radical (unpaired) electrons. The first kappa shape index (κ1) is 12.4. The normalized spacial score (nSPS) is 11.4. The lowest BCUT2D eigenvalue weighted by Gasteiger charge is -2.28. The third-order valence-corrected chi connectivity index (χ3v) is 2.18.